The van der Waals surface area contributed by atoms with Crippen molar-refractivity contribution in [3.63, 3.8) is 0 Å². The number of aromatic amines is 1. The second-order valence-corrected chi connectivity index (χ2v) is 3.73. The van der Waals surface area contributed by atoms with E-state index in [1.807, 2.05) is 0 Å². The number of rotatable bonds is 1. The predicted molar refractivity (Wildman–Crippen MR) is 53.5 cm³/mol. The zero-order valence-electron chi connectivity index (χ0n) is 8.17. The zero-order chi connectivity index (χ0) is 10.9. The normalized spacial score (nSPS) is 20.3. The summed E-state index contributed by atoms with van der Waals surface area (Å²) in [6, 6.07) is 3.35. The van der Waals surface area contributed by atoms with Crippen LogP contribution >= 0.6 is 0 Å². The van der Waals surface area contributed by atoms with Gasteiger partial charge < -0.3 is 9.88 Å². The van der Waals surface area contributed by atoms with Crippen molar-refractivity contribution in [2.75, 3.05) is 18.0 Å². The summed E-state index contributed by atoms with van der Waals surface area (Å²) in [5, 5.41) is 0. The van der Waals surface area contributed by atoms with E-state index in [0.29, 0.717) is 5.69 Å². The van der Waals surface area contributed by atoms with Gasteiger partial charge in [0.05, 0.1) is 0 Å². The van der Waals surface area contributed by atoms with E-state index in [1.165, 1.54) is 6.20 Å². The van der Waals surface area contributed by atoms with E-state index in [1.54, 1.807) is 17.0 Å². The van der Waals surface area contributed by atoms with Crippen molar-refractivity contribution in [2.45, 2.75) is 18.8 Å². The van der Waals surface area contributed by atoms with Gasteiger partial charge in [0.1, 0.15) is 5.69 Å². The Hall–Kier alpha value is -1.39. The summed E-state index contributed by atoms with van der Waals surface area (Å²) >= 11 is 0. The van der Waals surface area contributed by atoms with Crippen LogP contribution in [0.5, 0.6) is 0 Å². The quantitative estimate of drug-likeness (QED) is 0.771. The molecular formula is C10H12F2N2O. The Balaban J connectivity index is 2.15. The Bertz CT molecular complexity index is 392. The fraction of sp³-hybridized carbons (Fsp3) is 0.500. The summed E-state index contributed by atoms with van der Waals surface area (Å²) in [6.07, 6.45) is 1.17. The maximum absolute atomic E-state index is 12.9. The molecule has 1 fully saturated rings. The number of piperidine rings is 1. The highest BCUT2D eigenvalue weighted by Gasteiger charge is 2.34. The molecule has 0 saturated carbocycles. The number of aromatic nitrogens is 1. The lowest BCUT2D eigenvalue weighted by atomic mass is 10.1. The number of alkyl halides is 2. The standard InChI is InChI=1S/C10H12F2N2O/c11-10(12)3-6-14(7-4-10)8-2-1-5-13-9(8)15/h1-2,5H,3-4,6-7H2,(H,13,15). The van der Waals surface area contributed by atoms with Crippen molar-refractivity contribution >= 4 is 5.69 Å². The molecule has 0 bridgehead atoms. The first-order valence-electron chi connectivity index (χ1n) is 4.89. The molecule has 15 heavy (non-hydrogen) atoms. The van der Waals surface area contributed by atoms with Crippen LogP contribution in [-0.4, -0.2) is 24.0 Å². The van der Waals surface area contributed by atoms with Crippen LogP contribution in [0.2, 0.25) is 0 Å². The van der Waals surface area contributed by atoms with Gasteiger partial charge in [-0.1, -0.05) is 0 Å². The van der Waals surface area contributed by atoms with Crippen LogP contribution in [0.3, 0.4) is 0 Å². The van der Waals surface area contributed by atoms with Gasteiger partial charge in [-0.15, -0.1) is 0 Å². The number of H-pyrrole nitrogens is 1. The highest BCUT2D eigenvalue weighted by molar-refractivity contribution is 5.44. The van der Waals surface area contributed by atoms with Gasteiger partial charge in [-0.2, -0.15) is 0 Å². The van der Waals surface area contributed by atoms with Crippen molar-refractivity contribution in [3.05, 3.63) is 28.7 Å². The Morgan fingerprint density at radius 3 is 2.60 bits per heavy atom. The van der Waals surface area contributed by atoms with E-state index in [0.717, 1.165) is 0 Å². The molecular weight excluding hydrogens is 202 g/mol. The first-order valence-corrected chi connectivity index (χ1v) is 4.89. The van der Waals surface area contributed by atoms with Crippen LogP contribution in [-0.2, 0) is 0 Å². The summed E-state index contributed by atoms with van der Waals surface area (Å²) < 4.78 is 25.8. The average Bonchev–Trinajstić information content (AvgIpc) is 2.19. The molecule has 1 saturated heterocycles. The average molecular weight is 214 g/mol. The van der Waals surface area contributed by atoms with Crippen LogP contribution < -0.4 is 10.5 Å². The molecule has 0 aromatic carbocycles. The first kappa shape index (κ1) is 10.1. The second kappa shape index (κ2) is 3.64. The number of halogens is 2. The predicted octanol–water partition coefficient (Wildman–Crippen LogP) is 1.61. The molecule has 1 aliphatic heterocycles. The lowest BCUT2D eigenvalue weighted by Crippen LogP contribution is -2.41. The summed E-state index contributed by atoms with van der Waals surface area (Å²) in [4.78, 5) is 15.6. The van der Waals surface area contributed by atoms with E-state index in [2.05, 4.69) is 4.98 Å². The van der Waals surface area contributed by atoms with Crippen molar-refractivity contribution in [3.8, 4) is 0 Å². The third kappa shape index (κ3) is 2.16. The van der Waals surface area contributed by atoms with Gasteiger partial charge in [0.2, 0.25) is 0 Å². The van der Waals surface area contributed by atoms with Crippen molar-refractivity contribution in [1.82, 2.24) is 4.98 Å². The first-order chi connectivity index (χ1) is 7.08. The zero-order valence-corrected chi connectivity index (χ0v) is 8.17. The van der Waals surface area contributed by atoms with Crippen LogP contribution in [0.1, 0.15) is 12.8 Å². The largest absolute Gasteiger partial charge is 0.367 e. The topological polar surface area (TPSA) is 36.1 Å². The number of nitrogens with one attached hydrogen (secondary N) is 1. The molecule has 1 N–H and O–H groups in total. The minimum absolute atomic E-state index is 0.179. The van der Waals surface area contributed by atoms with Gasteiger partial charge in [-0.25, -0.2) is 8.78 Å². The van der Waals surface area contributed by atoms with Gasteiger partial charge in [-0.3, -0.25) is 4.79 Å². The van der Waals surface area contributed by atoms with Crippen molar-refractivity contribution in [1.29, 1.82) is 0 Å². The Morgan fingerprint density at radius 1 is 1.33 bits per heavy atom. The van der Waals surface area contributed by atoms with Crippen LogP contribution in [0, 0.1) is 0 Å². The van der Waals surface area contributed by atoms with E-state index < -0.39 is 5.92 Å². The SMILES string of the molecule is O=c1[nH]cccc1N1CCC(F)(F)CC1. The Kier molecular flexibility index (Phi) is 2.46. The van der Waals surface area contributed by atoms with Crippen LogP contribution in [0.4, 0.5) is 14.5 Å². The summed E-state index contributed by atoms with van der Waals surface area (Å²) in [5.41, 5.74) is 0.260. The molecule has 0 aliphatic carbocycles. The molecule has 2 rings (SSSR count). The van der Waals surface area contributed by atoms with Gasteiger partial charge in [0.25, 0.3) is 11.5 Å². The molecule has 0 spiro atoms. The fourth-order valence-corrected chi connectivity index (χ4v) is 1.74. The fourth-order valence-electron chi connectivity index (χ4n) is 1.74. The Morgan fingerprint density at radius 2 is 2.00 bits per heavy atom. The van der Waals surface area contributed by atoms with Crippen LogP contribution in [0.15, 0.2) is 23.1 Å². The van der Waals surface area contributed by atoms with E-state index >= 15 is 0 Å². The monoisotopic (exact) mass is 214 g/mol. The molecule has 1 aromatic rings. The van der Waals surface area contributed by atoms with E-state index in [9.17, 15) is 13.6 Å². The number of anilines is 1. The molecule has 0 atom stereocenters. The minimum Gasteiger partial charge on any atom is -0.367 e. The van der Waals surface area contributed by atoms with Gasteiger partial charge in [-0.05, 0) is 12.1 Å². The molecule has 3 nitrogen and oxygen atoms in total. The molecule has 0 radical (unpaired) electrons. The van der Waals surface area contributed by atoms with E-state index in [-0.39, 0.29) is 31.5 Å². The molecule has 2 heterocycles. The maximum atomic E-state index is 12.9. The lowest BCUT2D eigenvalue weighted by molar-refractivity contribution is -0.0220. The van der Waals surface area contributed by atoms with Gasteiger partial charge in [0.15, 0.2) is 0 Å². The third-order valence-corrected chi connectivity index (χ3v) is 2.63. The van der Waals surface area contributed by atoms with Crippen molar-refractivity contribution < 1.29 is 8.78 Å². The third-order valence-electron chi connectivity index (χ3n) is 2.63. The summed E-state index contributed by atoms with van der Waals surface area (Å²) in [6.45, 7) is 0.472. The Labute approximate surface area is 85.7 Å². The minimum atomic E-state index is -2.57. The van der Waals surface area contributed by atoms with Gasteiger partial charge >= 0.3 is 0 Å². The number of hydrogen-bond donors (Lipinski definition) is 1. The molecule has 82 valence electrons. The molecule has 0 amide bonds. The number of nitrogens with zero attached hydrogens (tertiary/aromatic N) is 1. The van der Waals surface area contributed by atoms with Gasteiger partial charge in [0, 0.05) is 32.1 Å². The maximum Gasteiger partial charge on any atom is 0.271 e. The highest BCUT2D eigenvalue weighted by Crippen LogP contribution is 2.28. The summed E-state index contributed by atoms with van der Waals surface area (Å²) in [5.74, 6) is -2.57. The number of pyridine rings is 1. The highest BCUT2D eigenvalue weighted by atomic mass is 19.3. The molecule has 1 aromatic heterocycles. The second-order valence-electron chi connectivity index (χ2n) is 3.73. The van der Waals surface area contributed by atoms with Crippen LogP contribution in [0.25, 0.3) is 0 Å². The smallest absolute Gasteiger partial charge is 0.271 e. The molecule has 5 heteroatoms. The molecule has 0 unspecified atom stereocenters. The summed E-state index contributed by atoms with van der Waals surface area (Å²) in [7, 11) is 0. The van der Waals surface area contributed by atoms with E-state index in [4.69, 9.17) is 0 Å². The van der Waals surface area contributed by atoms with Crippen molar-refractivity contribution in [2.24, 2.45) is 0 Å². The lowest BCUT2D eigenvalue weighted by Gasteiger charge is -2.32. The molecule has 1 aliphatic rings. The number of hydrogen-bond acceptors (Lipinski definition) is 2.